The Morgan fingerprint density at radius 2 is 2.00 bits per heavy atom. The Balaban J connectivity index is 2.17. The van der Waals surface area contributed by atoms with Crippen molar-refractivity contribution in [3.63, 3.8) is 0 Å². The number of nitrogens with zero attached hydrogens (tertiary/aromatic N) is 1. The molecular formula is C14H10ClNO3. The third-order valence-electron chi connectivity index (χ3n) is 2.71. The topological polar surface area (TPSA) is 74.2 Å². The maximum Gasteiger partial charge on any atom is 0.371 e. The van der Waals surface area contributed by atoms with Crippen LogP contribution in [0.15, 0.2) is 40.8 Å². The molecule has 0 fully saturated rings. The van der Waals surface area contributed by atoms with Crippen molar-refractivity contribution in [1.82, 2.24) is 0 Å². The van der Waals surface area contributed by atoms with Crippen molar-refractivity contribution in [2.24, 2.45) is 0 Å². The lowest BCUT2D eigenvalue weighted by Crippen LogP contribution is -1.99. The van der Waals surface area contributed by atoms with E-state index in [1.165, 1.54) is 6.07 Å². The molecule has 0 radical (unpaired) electrons. The summed E-state index contributed by atoms with van der Waals surface area (Å²) < 4.78 is 5.15. The van der Waals surface area contributed by atoms with Gasteiger partial charge in [-0.3, -0.25) is 0 Å². The Morgan fingerprint density at radius 3 is 2.53 bits per heavy atom. The maximum absolute atomic E-state index is 10.7. The van der Waals surface area contributed by atoms with E-state index < -0.39 is 11.9 Å². The smallest absolute Gasteiger partial charge is 0.371 e. The molecule has 0 aliphatic carbocycles. The van der Waals surface area contributed by atoms with E-state index in [2.05, 4.69) is 6.07 Å². The summed E-state index contributed by atoms with van der Waals surface area (Å²) in [6, 6.07) is 12.1. The second kappa shape index (κ2) is 5.59. The Hall–Kier alpha value is -2.25. The molecule has 1 unspecified atom stereocenters. The molecule has 0 amide bonds. The highest BCUT2D eigenvalue weighted by Gasteiger charge is 2.15. The van der Waals surface area contributed by atoms with Crippen LogP contribution in [0, 0.1) is 11.3 Å². The number of carboxylic acids is 1. The third kappa shape index (κ3) is 3.15. The number of hydrogen-bond donors (Lipinski definition) is 1. The monoisotopic (exact) mass is 275 g/mol. The summed E-state index contributed by atoms with van der Waals surface area (Å²) in [6.45, 7) is 0. The maximum atomic E-state index is 10.7. The first kappa shape index (κ1) is 13.2. The van der Waals surface area contributed by atoms with Crippen molar-refractivity contribution in [3.8, 4) is 6.07 Å². The number of benzene rings is 1. The molecule has 19 heavy (non-hydrogen) atoms. The van der Waals surface area contributed by atoms with Crippen molar-refractivity contribution >= 4 is 17.6 Å². The quantitative estimate of drug-likeness (QED) is 0.927. The zero-order chi connectivity index (χ0) is 13.8. The summed E-state index contributed by atoms with van der Waals surface area (Å²) >= 11 is 5.79. The molecule has 0 saturated carbocycles. The van der Waals surface area contributed by atoms with Gasteiger partial charge in [0.15, 0.2) is 0 Å². The summed E-state index contributed by atoms with van der Waals surface area (Å²) in [5.74, 6) is -1.17. The molecule has 1 aromatic heterocycles. The van der Waals surface area contributed by atoms with Crippen LogP contribution in [0.25, 0.3) is 0 Å². The van der Waals surface area contributed by atoms with Gasteiger partial charge in [0.25, 0.3) is 0 Å². The highest BCUT2D eigenvalue weighted by molar-refractivity contribution is 6.30. The molecule has 1 heterocycles. The first-order valence-electron chi connectivity index (χ1n) is 5.57. The lowest BCUT2D eigenvalue weighted by atomic mass is 9.96. The van der Waals surface area contributed by atoms with Crippen molar-refractivity contribution in [1.29, 1.82) is 5.26 Å². The number of nitriles is 1. The van der Waals surface area contributed by atoms with Crippen LogP contribution >= 0.6 is 11.6 Å². The van der Waals surface area contributed by atoms with Crippen LogP contribution in [0.3, 0.4) is 0 Å². The van der Waals surface area contributed by atoms with Gasteiger partial charge >= 0.3 is 5.97 Å². The standard InChI is InChI=1S/C14H10ClNO3/c15-11-3-1-9(2-4-11)10(8-16)7-12-5-6-13(19-12)14(17)18/h1-6,10H,7H2,(H,17,18). The van der Waals surface area contributed by atoms with Gasteiger partial charge in [-0.1, -0.05) is 23.7 Å². The molecule has 0 aliphatic rings. The molecule has 96 valence electrons. The van der Waals surface area contributed by atoms with Crippen LogP contribution in [0.4, 0.5) is 0 Å². The van der Waals surface area contributed by atoms with Gasteiger partial charge in [-0.25, -0.2) is 4.79 Å². The molecule has 0 spiro atoms. The number of halogens is 1. The van der Waals surface area contributed by atoms with Crippen molar-refractivity contribution in [2.75, 3.05) is 0 Å². The molecule has 0 bridgehead atoms. The molecule has 1 atom stereocenters. The van der Waals surface area contributed by atoms with Gasteiger partial charge in [0, 0.05) is 11.4 Å². The molecule has 5 heteroatoms. The summed E-state index contributed by atoms with van der Waals surface area (Å²) in [6.07, 6.45) is 0.325. The minimum Gasteiger partial charge on any atom is -0.475 e. The van der Waals surface area contributed by atoms with Crippen molar-refractivity contribution < 1.29 is 14.3 Å². The molecule has 0 aliphatic heterocycles. The summed E-state index contributed by atoms with van der Waals surface area (Å²) in [4.78, 5) is 10.7. The van der Waals surface area contributed by atoms with E-state index in [-0.39, 0.29) is 5.76 Å². The van der Waals surface area contributed by atoms with Crippen LogP contribution in [0.5, 0.6) is 0 Å². The first-order chi connectivity index (χ1) is 9.10. The summed E-state index contributed by atoms with van der Waals surface area (Å²) in [7, 11) is 0. The van der Waals surface area contributed by atoms with Gasteiger partial charge in [0.2, 0.25) is 5.76 Å². The van der Waals surface area contributed by atoms with Gasteiger partial charge in [-0.2, -0.15) is 5.26 Å². The highest BCUT2D eigenvalue weighted by atomic mass is 35.5. The number of rotatable bonds is 4. The van der Waals surface area contributed by atoms with Gasteiger partial charge < -0.3 is 9.52 Å². The zero-order valence-corrected chi connectivity index (χ0v) is 10.6. The fourth-order valence-corrected chi connectivity index (χ4v) is 1.86. The van der Waals surface area contributed by atoms with Gasteiger partial charge in [0.05, 0.1) is 12.0 Å². The number of hydrogen-bond acceptors (Lipinski definition) is 3. The number of carbonyl (C=O) groups is 1. The normalized spacial score (nSPS) is 11.8. The molecule has 4 nitrogen and oxygen atoms in total. The Kier molecular flexibility index (Phi) is 3.88. The van der Waals surface area contributed by atoms with E-state index in [1.807, 2.05) is 0 Å². The molecular weight excluding hydrogens is 266 g/mol. The summed E-state index contributed by atoms with van der Waals surface area (Å²) in [5, 5.41) is 18.6. The summed E-state index contributed by atoms with van der Waals surface area (Å²) in [5.41, 5.74) is 0.820. The average molecular weight is 276 g/mol. The predicted octanol–water partition coefficient (Wildman–Crippen LogP) is 3.48. The third-order valence-corrected chi connectivity index (χ3v) is 2.96. The van der Waals surface area contributed by atoms with Crippen LogP contribution < -0.4 is 0 Å². The second-order valence-electron chi connectivity index (χ2n) is 4.01. The SMILES string of the molecule is N#CC(Cc1ccc(C(=O)O)o1)c1ccc(Cl)cc1. The molecule has 1 aromatic carbocycles. The van der Waals surface area contributed by atoms with Crippen molar-refractivity contribution in [2.45, 2.75) is 12.3 Å². The van der Waals surface area contributed by atoms with E-state index in [0.29, 0.717) is 17.2 Å². The van der Waals surface area contributed by atoms with E-state index in [0.717, 1.165) is 5.56 Å². The highest BCUT2D eigenvalue weighted by Crippen LogP contribution is 2.23. The van der Waals surface area contributed by atoms with Gasteiger partial charge in [0.1, 0.15) is 5.76 Å². The minimum absolute atomic E-state index is 0.122. The van der Waals surface area contributed by atoms with Crippen LogP contribution in [0.1, 0.15) is 27.8 Å². The van der Waals surface area contributed by atoms with E-state index >= 15 is 0 Å². The van der Waals surface area contributed by atoms with Crippen LogP contribution in [-0.2, 0) is 6.42 Å². The van der Waals surface area contributed by atoms with Crippen LogP contribution in [0.2, 0.25) is 5.02 Å². The largest absolute Gasteiger partial charge is 0.475 e. The fraction of sp³-hybridized carbons (Fsp3) is 0.143. The van der Waals surface area contributed by atoms with Crippen LogP contribution in [-0.4, -0.2) is 11.1 Å². The minimum atomic E-state index is -1.12. The molecule has 1 N–H and O–H groups in total. The lowest BCUT2D eigenvalue weighted by Gasteiger charge is -2.07. The Bertz CT molecular complexity index is 625. The molecule has 2 rings (SSSR count). The Morgan fingerprint density at radius 1 is 1.32 bits per heavy atom. The molecule has 2 aromatic rings. The number of carboxylic acid groups (broad SMARTS) is 1. The number of aromatic carboxylic acids is 1. The average Bonchev–Trinajstić information content (AvgIpc) is 2.86. The lowest BCUT2D eigenvalue weighted by molar-refractivity contribution is 0.0660. The molecule has 0 saturated heterocycles. The Labute approximate surface area is 114 Å². The van der Waals surface area contributed by atoms with E-state index in [1.54, 1.807) is 30.3 Å². The van der Waals surface area contributed by atoms with Gasteiger partial charge in [-0.15, -0.1) is 0 Å². The number of furan rings is 1. The predicted molar refractivity (Wildman–Crippen MR) is 69.2 cm³/mol. The fourth-order valence-electron chi connectivity index (χ4n) is 1.74. The van der Waals surface area contributed by atoms with Crippen molar-refractivity contribution in [3.05, 3.63) is 58.5 Å². The van der Waals surface area contributed by atoms with E-state index in [4.69, 9.17) is 21.1 Å². The second-order valence-corrected chi connectivity index (χ2v) is 4.44. The zero-order valence-electron chi connectivity index (χ0n) is 9.84. The van der Waals surface area contributed by atoms with Gasteiger partial charge in [-0.05, 0) is 29.8 Å². The first-order valence-corrected chi connectivity index (χ1v) is 5.95. The van der Waals surface area contributed by atoms with E-state index in [9.17, 15) is 10.1 Å².